The molecule has 0 saturated carbocycles. The minimum atomic E-state index is -0.163. The molecule has 6 heteroatoms. The number of fused-ring (bicyclic) bond motifs is 2. The fraction of sp³-hybridized carbons (Fsp3) is 0.120. The highest BCUT2D eigenvalue weighted by Crippen LogP contribution is 2.27. The van der Waals surface area contributed by atoms with Crippen molar-refractivity contribution in [2.24, 2.45) is 0 Å². The Kier molecular flexibility index (Phi) is 4.76. The zero-order chi connectivity index (χ0) is 21.4. The molecule has 3 aromatic heterocycles. The van der Waals surface area contributed by atoms with E-state index in [1.54, 1.807) is 24.5 Å². The van der Waals surface area contributed by atoms with Gasteiger partial charge in [0.15, 0.2) is 5.82 Å². The van der Waals surface area contributed by atoms with Gasteiger partial charge in [0.1, 0.15) is 0 Å². The number of aromatic amines is 1. The largest absolute Gasteiger partial charge is 0.335 e. The van der Waals surface area contributed by atoms with Crippen molar-refractivity contribution in [3.05, 3.63) is 90.1 Å². The number of carbonyl (C=O) groups is 1. The second-order valence-electron chi connectivity index (χ2n) is 7.80. The molecule has 0 amide bonds. The molecule has 0 bridgehead atoms. The molecule has 0 aliphatic rings. The van der Waals surface area contributed by atoms with Crippen LogP contribution in [-0.4, -0.2) is 44.7 Å². The van der Waals surface area contributed by atoms with Crippen LogP contribution < -0.4 is 0 Å². The van der Waals surface area contributed by atoms with Gasteiger partial charge in [0.2, 0.25) is 5.78 Å². The van der Waals surface area contributed by atoms with Crippen LogP contribution in [0.4, 0.5) is 0 Å². The van der Waals surface area contributed by atoms with E-state index in [1.807, 2.05) is 62.8 Å². The molecule has 0 radical (unpaired) electrons. The second kappa shape index (κ2) is 7.74. The van der Waals surface area contributed by atoms with Crippen LogP contribution >= 0.6 is 0 Å². The number of H-pyrrole nitrogens is 1. The Labute approximate surface area is 179 Å². The third-order valence-electron chi connectivity index (χ3n) is 5.26. The van der Waals surface area contributed by atoms with Gasteiger partial charge in [-0.1, -0.05) is 36.4 Å². The molecule has 5 rings (SSSR count). The van der Waals surface area contributed by atoms with E-state index in [0.29, 0.717) is 17.1 Å². The molecule has 0 atom stereocenters. The Bertz CT molecular complexity index is 1410. The van der Waals surface area contributed by atoms with E-state index in [9.17, 15) is 4.79 Å². The lowest BCUT2D eigenvalue weighted by Gasteiger charge is -2.09. The van der Waals surface area contributed by atoms with E-state index in [-0.39, 0.29) is 5.78 Å². The molecular weight excluding hydrogens is 386 g/mol. The fourth-order valence-electron chi connectivity index (χ4n) is 3.84. The number of para-hydroxylation sites is 1. The minimum Gasteiger partial charge on any atom is -0.335 e. The van der Waals surface area contributed by atoms with Crippen LogP contribution in [0.3, 0.4) is 0 Å². The molecule has 152 valence electrons. The summed E-state index contributed by atoms with van der Waals surface area (Å²) in [6, 6.07) is 17.5. The minimum absolute atomic E-state index is 0.163. The van der Waals surface area contributed by atoms with Crippen LogP contribution in [0.25, 0.3) is 33.1 Å². The van der Waals surface area contributed by atoms with Crippen molar-refractivity contribution >= 4 is 27.6 Å². The van der Waals surface area contributed by atoms with E-state index < -0.39 is 0 Å². The standard InChI is InChI=1S/C25H21N5O/c1-30(2)15-18-7-5-9-21-23(18)29-25(28-21)24(31)16-10-11-27-22(12-16)20-14-26-13-17-6-3-4-8-19(17)20/h3-14H,15H2,1-2H3,(H,28,29). The van der Waals surface area contributed by atoms with Crippen LogP contribution in [0.2, 0.25) is 0 Å². The molecular formula is C25H21N5O. The topological polar surface area (TPSA) is 74.8 Å². The van der Waals surface area contributed by atoms with Crippen molar-refractivity contribution in [2.45, 2.75) is 6.54 Å². The predicted octanol–water partition coefficient (Wildman–Crippen LogP) is 4.47. The van der Waals surface area contributed by atoms with Gasteiger partial charge in [-0.2, -0.15) is 0 Å². The third-order valence-corrected chi connectivity index (χ3v) is 5.26. The van der Waals surface area contributed by atoms with Crippen molar-refractivity contribution in [3.8, 4) is 11.3 Å². The van der Waals surface area contributed by atoms with Gasteiger partial charge in [-0.3, -0.25) is 14.8 Å². The monoisotopic (exact) mass is 407 g/mol. The summed E-state index contributed by atoms with van der Waals surface area (Å²) in [5, 5.41) is 2.08. The van der Waals surface area contributed by atoms with Crippen molar-refractivity contribution in [2.75, 3.05) is 14.1 Å². The van der Waals surface area contributed by atoms with Crippen LogP contribution in [0, 0.1) is 0 Å². The van der Waals surface area contributed by atoms with Crippen molar-refractivity contribution in [1.82, 2.24) is 24.8 Å². The Hall–Kier alpha value is -3.90. The Morgan fingerprint density at radius 1 is 1.03 bits per heavy atom. The first-order valence-corrected chi connectivity index (χ1v) is 10.1. The van der Waals surface area contributed by atoms with E-state index in [1.165, 1.54) is 0 Å². The molecule has 0 fully saturated rings. The second-order valence-corrected chi connectivity index (χ2v) is 7.80. The summed E-state index contributed by atoms with van der Waals surface area (Å²) in [6.45, 7) is 0.753. The van der Waals surface area contributed by atoms with Crippen molar-refractivity contribution in [3.63, 3.8) is 0 Å². The quantitative estimate of drug-likeness (QED) is 0.435. The van der Waals surface area contributed by atoms with Gasteiger partial charge >= 0.3 is 0 Å². The highest BCUT2D eigenvalue weighted by molar-refractivity contribution is 6.09. The SMILES string of the molecule is CN(C)Cc1cccc2[nH]c(C(=O)c3ccnc(-c4cncc5ccccc45)c3)nc12. The smallest absolute Gasteiger partial charge is 0.228 e. The summed E-state index contributed by atoms with van der Waals surface area (Å²) >= 11 is 0. The van der Waals surface area contributed by atoms with Gasteiger partial charge in [0.05, 0.1) is 16.7 Å². The molecule has 0 spiro atoms. The highest BCUT2D eigenvalue weighted by atomic mass is 16.1. The number of benzene rings is 2. The molecule has 0 saturated heterocycles. The number of imidazole rings is 1. The average molecular weight is 407 g/mol. The maximum absolute atomic E-state index is 13.2. The number of carbonyl (C=O) groups excluding carboxylic acids is 1. The normalized spacial score (nSPS) is 11.5. The molecule has 0 aliphatic heterocycles. The molecule has 2 aromatic carbocycles. The zero-order valence-electron chi connectivity index (χ0n) is 17.3. The summed E-state index contributed by atoms with van der Waals surface area (Å²) in [5.41, 5.74) is 4.90. The first-order valence-electron chi connectivity index (χ1n) is 10.1. The van der Waals surface area contributed by atoms with E-state index in [4.69, 9.17) is 0 Å². The lowest BCUT2D eigenvalue weighted by molar-refractivity contribution is 0.103. The molecule has 6 nitrogen and oxygen atoms in total. The van der Waals surface area contributed by atoms with Gasteiger partial charge < -0.3 is 9.88 Å². The third kappa shape index (κ3) is 3.58. The molecule has 31 heavy (non-hydrogen) atoms. The van der Waals surface area contributed by atoms with Crippen molar-refractivity contribution in [1.29, 1.82) is 0 Å². The van der Waals surface area contributed by atoms with Gasteiger partial charge in [0, 0.05) is 41.6 Å². The summed E-state index contributed by atoms with van der Waals surface area (Å²) in [6.07, 6.45) is 5.27. The van der Waals surface area contributed by atoms with Gasteiger partial charge in [-0.25, -0.2) is 4.98 Å². The summed E-state index contributed by atoms with van der Waals surface area (Å²) in [7, 11) is 4.02. The fourth-order valence-corrected chi connectivity index (χ4v) is 3.84. The summed E-state index contributed by atoms with van der Waals surface area (Å²) in [4.78, 5) is 32.0. The maximum atomic E-state index is 13.2. The number of ketones is 1. The van der Waals surface area contributed by atoms with Gasteiger partial charge in [-0.05, 0) is 43.2 Å². The molecule has 1 N–H and O–H groups in total. The Balaban J connectivity index is 1.55. The number of pyridine rings is 2. The van der Waals surface area contributed by atoms with E-state index in [2.05, 4.69) is 24.8 Å². The summed E-state index contributed by atoms with van der Waals surface area (Å²) < 4.78 is 0. The van der Waals surface area contributed by atoms with Gasteiger partial charge in [0.25, 0.3) is 0 Å². The maximum Gasteiger partial charge on any atom is 0.228 e. The molecule has 5 aromatic rings. The number of nitrogens with zero attached hydrogens (tertiary/aromatic N) is 4. The molecule has 3 heterocycles. The van der Waals surface area contributed by atoms with Crippen LogP contribution in [0.5, 0.6) is 0 Å². The lowest BCUT2D eigenvalue weighted by atomic mass is 10.0. The van der Waals surface area contributed by atoms with Crippen molar-refractivity contribution < 1.29 is 4.79 Å². The first kappa shape index (κ1) is 19.1. The highest BCUT2D eigenvalue weighted by Gasteiger charge is 2.17. The Morgan fingerprint density at radius 3 is 2.77 bits per heavy atom. The van der Waals surface area contributed by atoms with Crippen LogP contribution in [0.15, 0.2) is 73.2 Å². The number of rotatable bonds is 5. The number of aromatic nitrogens is 4. The van der Waals surface area contributed by atoms with Crippen LogP contribution in [0.1, 0.15) is 21.7 Å². The van der Waals surface area contributed by atoms with E-state index >= 15 is 0 Å². The number of nitrogens with one attached hydrogen (secondary N) is 1. The Morgan fingerprint density at radius 2 is 1.90 bits per heavy atom. The number of hydrogen-bond acceptors (Lipinski definition) is 5. The lowest BCUT2D eigenvalue weighted by Crippen LogP contribution is -2.11. The number of hydrogen-bond donors (Lipinski definition) is 1. The van der Waals surface area contributed by atoms with Gasteiger partial charge in [-0.15, -0.1) is 0 Å². The molecule has 0 aliphatic carbocycles. The summed E-state index contributed by atoms with van der Waals surface area (Å²) in [5.74, 6) is 0.165. The molecule has 0 unspecified atom stereocenters. The predicted molar refractivity (Wildman–Crippen MR) is 122 cm³/mol. The first-order chi connectivity index (χ1) is 15.1. The van der Waals surface area contributed by atoms with E-state index in [0.717, 1.165) is 39.5 Å². The average Bonchev–Trinajstić information content (AvgIpc) is 3.23. The van der Waals surface area contributed by atoms with Crippen LogP contribution in [-0.2, 0) is 6.54 Å². The zero-order valence-corrected chi connectivity index (χ0v) is 17.3.